The van der Waals surface area contributed by atoms with Crippen LogP contribution in [0.4, 0.5) is 5.69 Å². The number of benzene rings is 3. The van der Waals surface area contributed by atoms with Crippen LogP contribution >= 0.6 is 0 Å². The Morgan fingerprint density at radius 3 is 2.50 bits per heavy atom. The number of nitrogens with zero attached hydrogens (tertiary/aromatic N) is 1. The molecule has 6 nitrogen and oxygen atoms in total. The number of carbonyl (C=O) groups is 2. The molecule has 0 aliphatic rings. The molecule has 1 aromatic heterocycles. The van der Waals surface area contributed by atoms with Crippen molar-refractivity contribution < 1.29 is 19.1 Å². The maximum Gasteiger partial charge on any atom is 0.338 e. The van der Waals surface area contributed by atoms with Crippen LogP contribution in [0.2, 0.25) is 0 Å². The number of fused-ring (bicyclic) bond motifs is 1. The minimum Gasteiger partial charge on any atom is -0.481 e. The highest BCUT2D eigenvalue weighted by Crippen LogP contribution is 2.33. The zero-order valence-electron chi connectivity index (χ0n) is 17.6. The molecule has 0 aliphatic carbocycles. The van der Waals surface area contributed by atoms with Gasteiger partial charge in [-0.15, -0.1) is 0 Å². The lowest BCUT2D eigenvalue weighted by molar-refractivity contribution is -0.118. The first-order valence-electron chi connectivity index (χ1n) is 10.3. The molecule has 32 heavy (non-hydrogen) atoms. The SMILES string of the molecule is CCOC(=O)c1ccc(NC(=O)COc2cccnc2-c2cccc3ccccc23)cc1. The van der Waals surface area contributed by atoms with Crippen LogP contribution in [0.25, 0.3) is 22.0 Å². The molecule has 0 unspecified atom stereocenters. The van der Waals surface area contributed by atoms with E-state index in [0.717, 1.165) is 16.3 Å². The minimum atomic E-state index is -0.397. The van der Waals surface area contributed by atoms with Gasteiger partial charge in [-0.1, -0.05) is 42.5 Å². The fraction of sp³-hybridized carbons (Fsp3) is 0.115. The zero-order chi connectivity index (χ0) is 22.3. The van der Waals surface area contributed by atoms with Crippen LogP contribution in [0.1, 0.15) is 17.3 Å². The van der Waals surface area contributed by atoms with Crippen molar-refractivity contribution >= 4 is 28.3 Å². The lowest BCUT2D eigenvalue weighted by Gasteiger charge is -2.13. The van der Waals surface area contributed by atoms with E-state index in [2.05, 4.69) is 10.3 Å². The second kappa shape index (κ2) is 9.75. The van der Waals surface area contributed by atoms with E-state index in [4.69, 9.17) is 9.47 Å². The Hall–Kier alpha value is -4.19. The Morgan fingerprint density at radius 1 is 0.906 bits per heavy atom. The average molecular weight is 426 g/mol. The number of nitrogens with one attached hydrogen (secondary N) is 1. The first-order valence-corrected chi connectivity index (χ1v) is 10.3. The first kappa shape index (κ1) is 21.1. The van der Waals surface area contributed by atoms with E-state index in [1.165, 1.54) is 0 Å². The summed E-state index contributed by atoms with van der Waals surface area (Å²) in [5.41, 5.74) is 2.60. The largest absolute Gasteiger partial charge is 0.481 e. The quantitative estimate of drug-likeness (QED) is 0.416. The van der Waals surface area contributed by atoms with Crippen LogP contribution in [-0.4, -0.2) is 30.1 Å². The van der Waals surface area contributed by atoms with E-state index in [1.54, 1.807) is 49.5 Å². The van der Waals surface area contributed by atoms with Gasteiger partial charge in [-0.2, -0.15) is 0 Å². The molecule has 1 heterocycles. The number of amides is 1. The second-order valence-electron chi connectivity index (χ2n) is 7.01. The number of hydrogen-bond donors (Lipinski definition) is 1. The van der Waals surface area contributed by atoms with Crippen LogP contribution in [0.3, 0.4) is 0 Å². The summed E-state index contributed by atoms with van der Waals surface area (Å²) >= 11 is 0. The van der Waals surface area contributed by atoms with Crippen molar-refractivity contribution in [2.75, 3.05) is 18.5 Å². The molecule has 0 radical (unpaired) electrons. The van der Waals surface area contributed by atoms with Crippen molar-refractivity contribution in [3.8, 4) is 17.0 Å². The third-order valence-electron chi connectivity index (χ3n) is 4.85. The minimum absolute atomic E-state index is 0.177. The molecule has 0 atom stereocenters. The number of rotatable bonds is 7. The average Bonchev–Trinajstić information content (AvgIpc) is 2.83. The Bertz CT molecular complexity index is 1250. The summed E-state index contributed by atoms with van der Waals surface area (Å²) in [6, 6.07) is 24.1. The van der Waals surface area contributed by atoms with Gasteiger partial charge in [0.05, 0.1) is 12.2 Å². The molecule has 6 heteroatoms. The summed E-state index contributed by atoms with van der Waals surface area (Å²) in [4.78, 5) is 28.7. The second-order valence-corrected chi connectivity index (χ2v) is 7.01. The lowest BCUT2D eigenvalue weighted by atomic mass is 10.0. The molecule has 3 aromatic carbocycles. The van der Waals surface area contributed by atoms with Gasteiger partial charge in [-0.3, -0.25) is 9.78 Å². The summed E-state index contributed by atoms with van der Waals surface area (Å²) in [6.45, 7) is 1.88. The highest BCUT2D eigenvalue weighted by molar-refractivity contribution is 5.97. The van der Waals surface area contributed by atoms with Crippen LogP contribution in [0.15, 0.2) is 85.1 Å². The topological polar surface area (TPSA) is 77.5 Å². The fourth-order valence-corrected chi connectivity index (χ4v) is 3.39. The van der Waals surface area contributed by atoms with Gasteiger partial charge in [0.2, 0.25) is 0 Å². The van der Waals surface area contributed by atoms with Crippen LogP contribution < -0.4 is 10.1 Å². The maximum atomic E-state index is 12.4. The normalized spacial score (nSPS) is 10.5. The van der Waals surface area contributed by atoms with Gasteiger partial charge in [0.1, 0.15) is 11.4 Å². The first-order chi connectivity index (χ1) is 15.7. The van der Waals surface area contributed by atoms with Crippen molar-refractivity contribution in [1.29, 1.82) is 0 Å². The molecule has 0 aliphatic heterocycles. The van der Waals surface area contributed by atoms with E-state index in [9.17, 15) is 9.59 Å². The smallest absolute Gasteiger partial charge is 0.338 e. The van der Waals surface area contributed by atoms with Gasteiger partial charge in [-0.05, 0) is 54.1 Å². The summed E-state index contributed by atoms with van der Waals surface area (Å²) in [5, 5.41) is 4.93. The molecule has 160 valence electrons. The predicted octanol–water partition coefficient (Wildman–Crippen LogP) is 5.10. The number of pyridine rings is 1. The maximum absolute atomic E-state index is 12.4. The molecule has 1 amide bonds. The Kier molecular flexibility index (Phi) is 6.41. The number of aromatic nitrogens is 1. The van der Waals surface area contributed by atoms with Gasteiger partial charge in [-0.25, -0.2) is 4.79 Å². The highest BCUT2D eigenvalue weighted by atomic mass is 16.5. The van der Waals surface area contributed by atoms with Gasteiger partial charge >= 0.3 is 5.97 Å². The summed E-state index contributed by atoms with van der Waals surface area (Å²) < 4.78 is 10.8. The van der Waals surface area contributed by atoms with E-state index < -0.39 is 5.97 Å². The van der Waals surface area contributed by atoms with E-state index in [-0.39, 0.29) is 12.5 Å². The molecule has 0 bridgehead atoms. The van der Waals surface area contributed by atoms with Crippen LogP contribution in [0.5, 0.6) is 5.75 Å². The number of esters is 1. The van der Waals surface area contributed by atoms with E-state index in [1.807, 2.05) is 42.5 Å². The number of hydrogen-bond acceptors (Lipinski definition) is 5. The van der Waals surface area contributed by atoms with Gasteiger partial charge in [0, 0.05) is 17.4 Å². The number of anilines is 1. The molecule has 4 rings (SSSR count). The molecular weight excluding hydrogens is 404 g/mol. The van der Waals surface area contributed by atoms with Gasteiger partial charge in [0.15, 0.2) is 6.61 Å². The molecular formula is C26H22N2O4. The van der Waals surface area contributed by atoms with E-state index >= 15 is 0 Å². The molecule has 4 aromatic rings. The number of carbonyl (C=O) groups excluding carboxylic acids is 2. The molecule has 0 fully saturated rings. The van der Waals surface area contributed by atoms with Crippen molar-refractivity contribution in [3.05, 3.63) is 90.6 Å². The Labute approximate surface area is 185 Å². The fourth-order valence-electron chi connectivity index (χ4n) is 3.39. The summed E-state index contributed by atoms with van der Waals surface area (Å²) in [5.74, 6) is -0.190. The third-order valence-corrected chi connectivity index (χ3v) is 4.85. The van der Waals surface area contributed by atoms with Gasteiger partial charge in [0.25, 0.3) is 5.91 Å². The summed E-state index contributed by atoms with van der Waals surface area (Å²) in [6.07, 6.45) is 1.70. The molecule has 0 saturated carbocycles. The highest BCUT2D eigenvalue weighted by Gasteiger charge is 2.13. The van der Waals surface area contributed by atoms with Crippen molar-refractivity contribution in [3.63, 3.8) is 0 Å². The van der Waals surface area contributed by atoms with Crippen molar-refractivity contribution in [2.45, 2.75) is 6.92 Å². The predicted molar refractivity (Wildman–Crippen MR) is 124 cm³/mol. The lowest BCUT2D eigenvalue weighted by Crippen LogP contribution is -2.20. The van der Waals surface area contributed by atoms with Crippen LogP contribution in [-0.2, 0) is 9.53 Å². The molecule has 0 spiro atoms. The van der Waals surface area contributed by atoms with Crippen LogP contribution in [0, 0.1) is 0 Å². The monoisotopic (exact) mass is 426 g/mol. The molecule has 1 N–H and O–H groups in total. The number of ether oxygens (including phenoxy) is 2. The third kappa shape index (κ3) is 4.75. The van der Waals surface area contributed by atoms with Crippen molar-refractivity contribution in [2.24, 2.45) is 0 Å². The van der Waals surface area contributed by atoms with Crippen molar-refractivity contribution in [1.82, 2.24) is 4.98 Å². The van der Waals surface area contributed by atoms with Gasteiger partial charge < -0.3 is 14.8 Å². The molecule has 0 saturated heterocycles. The Balaban J connectivity index is 1.46. The summed E-state index contributed by atoms with van der Waals surface area (Å²) in [7, 11) is 0. The van der Waals surface area contributed by atoms with E-state index in [0.29, 0.717) is 29.3 Å². The Morgan fingerprint density at radius 2 is 1.69 bits per heavy atom. The standard InChI is InChI=1S/C26H22N2O4/c1-2-31-26(30)19-12-14-20(15-13-19)28-24(29)17-32-23-11-6-16-27-25(23)22-10-5-8-18-7-3-4-9-21(18)22/h3-16H,2,17H2,1H3,(H,28,29). The zero-order valence-corrected chi connectivity index (χ0v) is 17.6.